The molecule has 5 nitrogen and oxygen atoms in total. The Morgan fingerprint density at radius 2 is 1.71 bits per heavy atom. The molecule has 0 amide bonds. The van der Waals surface area contributed by atoms with Gasteiger partial charge < -0.3 is 10.0 Å². The van der Waals surface area contributed by atoms with Gasteiger partial charge in [0.2, 0.25) is 0 Å². The molecule has 1 saturated heterocycles. The van der Waals surface area contributed by atoms with Crippen molar-refractivity contribution in [1.29, 1.82) is 0 Å². The molecule has 1 aliphatic heterocycles. The van der Waals surface area contributed by atoms with Crippen LogP contribution in [0.25, 0.3) is 0 Å². The summed E-state index contributed by atoms with van der Waals surface area (Å²) < 4.78 is 67.8. The van der Waals surface area contributed by atoms with Crippen LogP contribution >= 0.6 is 23.1 Å². The van der Waals surface area contributed by atoms with Crippen molar-refractivity contribution in [3.63, 3.8) is 0 Å². The van der Waals surface area contributed by atoms with Gasteiger partial charge in [-0.3, -0.25) is 0 Å². The number of piperazine rings is 1. The molecule has 0 radical (unpaired) electrons. The SMILES string of the molecule is C[C@@](O)(c1ccc(N2CCN(S(=O)(=O)c3cccs3)C[C@@H]2CSc2ccccc2)cc1)C(F)(F)F. The molecule has 35 heavy (non-hydrogen) atoms. The number of nitrogens with zero attached hydrogens (tertiary/aromatic N) is 2. The minimum Gasteiger partial charge on any atom is -0.376 e. The first-order valence-corrected chi connectivity index (χ1v) is 14.2. The monoisotopic (exact) mass is 542 g/mol. The van der Waals surface area contributed by atoms with Crippen LogP contribution in [0.15, 0.2) is 81.2 Å². The van der Waals surface area contributed by atoms with E-state index >= 15 is 0 Å². The maximum Gasteiger partial charge on any atom is 0.421 e. The Balaban J connectivity index is 1.58. The second-order valence-electron chi connectivity index (χ2n) is 8.38. The van der Waals surface area contributed by atoms with E-state index in [1.165, 1.54) is 27.8 Å². The van der Waals surface area contributed by atoms with Crippen molar-refractivity contribution < 1.29 is 26.7 Å². The number of halogens is 3. The van der Waals surface area contributed by atoms with Crippen molar-refractivity contribution in [3.05, 3.63) is 77.7 Å². The third-order valence-electron chi connectivity index (χ3n) is 6.03. The van der Waals surface area contributed by atoms with E-state index in [1.54, 1.807) is 41.4 Å². The lowest BCUT2D eigenvalue weighted by Crippen LogP contribution is -2.55. The molecule has 188 valence electrons. The molecule has 1 aromatic heterocycles. The van der Waals surface area contributed by atoms with Crippen LogP contribution in [0.1, 0.15) is 12.5 Å². The van der Waals surface area contributed by atoms with Crippen LogP contribution < -0.4 is 4.90 Å². The van der Waals surface area contributed by atoms with Gasteiger partial charge in [0.25, 0.3) is 10.0 Å². The topological polar surface area (TPSA) is 60.9 Å². The summed E-state index contributed by atoms with van der Waals surface area (Å²) in [5, 5.41) is 11.7. The minimum atomic E-state index is -4.80. The van der Waals surface area contributed by atoms with Gasteiger partial charge in [0.05, 0.1) is 6.04 Å². The first kappa shape index (κ1) is 26.0. The van der Waals surface area contributed by atoms with Gasteiger partial charge in [0.15, 0.2) is 5.60 Å². The number of hydrogen-bond acceptors (Lipinski definition) is 6. The first-order valence-electron chi connectivity index (χ1n) is 10.9. The predicted molar refractivity (Wildman–Crippen MR) is 133 cm³/mol. The summed E-state index contributed by atoms with van der Waals surface area (Å²) in [5.41, 5.74) is -2.52. The molecule has 2 aromatic carbocycles. The average molecular weight is 543 g/mol. The Morgan fingerprint density at radius 1 is 1.03 bits per heavy atom. The molecule has 0 spiro atoms. The average Bonchev–Trinajstić information content (AvgIpc) is 3.39. The molecule has 0 aliphatic carbocycles. The highest BCUT2D eigenvalue weighted by atomic mass is 32.2. The Bertz CT molecular complexity index is 1220. The van der Waals surface area contributed by atoms with E-state index in [9.17, 15) is 26.7 Å². The van der Waals surface area contributed by atoms with Crippen LogP contribution in [0, 0.1) is 0 Å². The number of hydrogen-bond donors (Lipinski definition) is 1. The smallest absolute Gasteiger partial charge is 0.376 e. The number of rotatable bonds is 7. The summed E-state index contributed by atoms with van der Waals surface area (Å²) >= 11 is 2.77. The van der Waals surface area contributed by atoms with E-state index < -0.39 is 21.8 Å². The molecule has 1 aliphatic rings. The second-order valence-corrected chi connectivity index (χ2v) is 12.6. The molecule has 1 fully saturated rings. The Morgan fingerprint density at radius 3 is 2.31 bits per heavy atom. The minimum absolute atomic E-state index is 0.210. The van der Waals surface area contributed by atoms with Crippen LogP contribution in [-0.2, 0) is 15.6 Å². The lowest BCUT2D eigenvalue weighted by Gasteiger charge is -2.42. The first-order chi connectivity index (χ1) is 16.5. The van der Waals surface area contributed by atoms with E-state index in [0.29, 0.717) is 22.2 Å². The van der Waals surface area contributed by atoms with E-state index in [0.717, 1.165) is 11.8 Å². The van der Waals surface area contributed by atoms with Crippen molar-refractivity contribution in [2.24, 2.45) is 0 Å². The number of thiophene rings is 1. The Kier molecular flexibility index (Phi) is 7.54. The third-order valence-corrected chi connectivity index (χ3v) is 10.4. The number of anilines is 1. The lowest BCUT2D eigenvalue weighted by molar-refractivity contribution is -0.258. The lowest BCUT2D eigenvalue weighted by atomic mass is 9.95. The van der Waals surface area contributed by atoms with Crippen molar-refractivity contribution in [2.45, 2.75) is 33.8 Å². The zero-order valence-electron chi connectivity index (χ0n) is 18.9. The Labute approximate surface area is 211 Å². The molecule has 1 N–H and O–H groups in total. The zero-order valence-corrected chi connectivity index (χ0v) is 21.3. The van der Waals surface area contributed by atoms with Crippen molar-refractivity contribution in [1.82, 2.24) is 4.31 Å². The number of aliphatic hydroxyl groups is 1. The molecule has 4 rings (SSSR count). The van der Waals surface area contributed by atoms with Gasteiger partial charge in [-0.05, 0) is 48.2 Å². The normalized spacial score (nSPS) is 19.5. The van der Waals surface area contributed by atoms with Crippen molar-refractivity contribution in [3.8, 4) is 0 Å². The summed E-state index contributed by atoms with van der Waals surface area (Å²) in [6, 6.07) is 18.5. The quantitative estimate of drug-likeness (QED) is 0.417. The highest BCUT2D eigenvalue weighted by molar-refractivity contribution is 7.99. The molecule has 11 heteroatoms. The van der Waals surface area contributed by atoms with E-state index in [1.807, 2.05) is 35.2 Å². The highest BCUT2D eigenvalue weighted by Gasteiger charge is 2.51. The summed E-state index contributed by atoms with van der Waals surface area (Å²) in [5.74, 6) is 0.586. The fourth-order valence-electron chi connectivity index (χ4n) is 3.92. The highest BCUT2D eigenvalue weighted by Crippen LogP contribution is 2.39. The second kappa shape index (κ2) is 10.1. The number of alkyl halides is 3. The van der Waals surface area contributed by atoms with Crippen LogP contribution in [0.2, 0.25) is 0 Å². The van der Waals surface area contributed by atoms with Gasteiger partial charge in [-0.15, -0.1) is 23.1 Å². The van der Waals surface area contributed by atoms with E-state index in [-0.39, 0.29) is 24.7 Å². The van der Waals surface area contributed by atoms with Gasteiger partial charge in [-0.1, -0.05) is 36.4 Å². The number of benzene rings is 2. The third kappa shape index (κ3) is 5.54. The maximum atomic E-state index is 13.2. The summed E-state index contributed by atoms with van der Waals surface area (Å²) in [6.07, 6.45) is -4.80. The summed E-state index contributed by atoms with van der Waals surface area (Å²) in [7, 11) is -3.62. The molecular weight excluding hydrogens is 517 g/mol. The molecule has 0 unspecified atom stereocenters. The van der Waals surface area contributed by atoms with E-state index in [4.69, 9.17) is 0 Å². The molecule has 2 heterocycles. The van der Waals surface area contributed by atoms with Crippen molar-refractivity contribution >= 4 is 38.8 Å². The van der Waals surface area contributed by atoms with Crippen LogP contribution in [0.3, 0.4) is 0 Å². The number of thioether (sulfide) groups is 1. The Hall–Kier alpha value is -2.05. The van der Waals surface area contributed by atoms with Gasteiger partial charge in [-0.25, -0.2) is 8.42 Å². The summed E-state index contributed by atoms with van der Waals surface area (Å²) in [6.45, 7) is 1.63. The molecule has 3 aromatic rings. The van der Waals surface area contributed by atoms with Crippen LogP contribution in [0.5, 0.6) is 0 Å². The summed E-state index contributed by atoms with van der Waals surface area (Å²) in [4.78, 5) is 3.07. The van der Waals surface area contributed by atoms with Crippen LogP contribution in [-0.4, -0.2) is 55.4 Å². The fourth-order valence-corrected chi connectivity index (χ4v) is 7.55. The van der Waals surface area contributed by atoms with Crippen molar-refractivity contribution in [2.75, 3.05) is 30.3 Å². The van der Waals surface area contributed by atoms with Gasteiger partial charge in [0, 0.05) is 36.0 Å². The molecular formula is C24H25F3N2O3S3. The maximum absolute atomic E-state index is 13.2. The van der Waals surface area contributed by atoms with Crippen LogP contribution in [0.4, 0.5) is 18.9 Å². The van der Waals surface area contributed by atoms with Gasteiger partial charge in [0.1, 0.15) is 4.21 Å². The number of sulfonamides is 1. The van der Waals surface area contributed by atoms with E-state index in [2.05, 4.69) is 0 Å². The largest absolute Gasteiger partial charge is 0.421 e. The molecule has 0 saturated carbocycles. The molecule has 2 atom stereocenters. The fraction of sp³-hybridized carbons (Fsp3) is 0.333. The van der Waals surface area contributed by atoms with Gasteiger partial charge in [-0.2, -0.15) is 17.5 Å². The standard InChI is InChI=1S/C24H25F3N2O3S3/c1-23(30,24(25,26)27)18-9-11-19(12-10-18)29-14-13-28(35(31,32)22-8-5-15-33-22)16-20(29)17-34-21-6-3-2-4-7-21/h2-12,15,20,30H,13-14,16-17H2,1H3/t20-,23-/m1/s1. The van der Waals surface area contributed by atoms with Gasteiger partial charge >= 0.3 is 6.18 Å². The zero-order chi connectivity index (χ0) is 25.3. The predicted octanol–water partition coefficient (Wildman–Crippen LogP) is 5.19. The molecule has 0 bridgehead atoms.